The van der Waals surface area contributed by atoms with Gasteiger partial charge in [0.2, 0.25) is 10.0 Å². The first-order valence-electron chi connectivity index (χ1n) is 6.72. The molecule has 0 radical (unpaired) electrons. The summed E-state index contributed by atoms with van der Waals surface area (Å²) in [4.78, 5) is -0.0122. The molecule has 0 aromatic heterocycles. The summed E-state index contributed by atoms with van der Waals surface area (Å²) in [5.41, 5.74) is 0.439. The summed E-state index contributed by atoms with van der Waals surface area (Å²) in [6.45, 7) is 4.16. The fraction of sp³-hybridized carbons (Fsp3) is 0.571. The van der Waals surface area contributed by atoms with Crippen LogP contribution in [-0.2, 0) is 15.9 Å². The van der Waals surface area contributed by atoms with Crippen molar-refractivity contribution >= 4 is 21.6 Å². The van der Waals surface area contributed by atoms with Crippen LogP contribution in [0.15, 0.2) is 23.1 Å². The Hall–Kier alpha value is -0.650. The molecule has 0 aliphatic heterocycles. The second kappa shape index (κ2) is 6.00. The molecule has 0 N–H and O–H groups in total. The van der Waals surface area contributed by atoms with E-state index in [0.717, 1.165) is 18.9 Å². The summed E-state index contributed by atoms with van der Waals surface area (Å²) in [5, 5.41) is 0. The number of sulfonamides is 1. The van der Waals surface area contributed by atoms with Crippen molar-refractivity contribution in [3.63, 3.8) is 0 Å². The van der Waals surface area contributed by atoms with E-state index in [1.807, 2.05) is 13.8 Å². The second-order valence-corrected chi connectivity index (χ2v) is 7.62. The molecule has 112 valence electrons. The lowest BCUT2D eigenvalue weighted by atomic mass is 10.2. The van der Waals surface area contributed by atoms with Gasteiger partial charge in [-0.2, -0.15) is 4.31 Å². The Kier molecular flexibility index (Phi) is 4.72. The SMILES string of the molecule is CC(C)N(CC1CC1)S(=O)(=O)c1cc(F)ccc1CCl. The van der Waals surface area contributed by atoms with Gasteiger partial charge in [-0.05, 0) is 50.3 Å². The zero-order chi connectivity index (χ0) is 14.9. The fourth-order valence-electron chi connectivity index (χ4n) is 2.15. The van der Waals surface area contributed by atoms with Crippen molar-refractivity contribution in [3.05, 3.63) is 29.6 Å². The molecule has 0 bridgehead atoms. The topological polar surface area (TPSA) is 37.4 Å². The van der Waals surface area contributed by atoms with E-state index in [4.69, 9.17) is 11.6 Å². The lowest BCUT2D eigenvalue weighted by Crippen LogP contribution is -2.38. The van der Waals surface area contributed by atoms with Gasteiger partial charge < -0.3 is 0 Å². The van der Waals surface area contributed by atoms with E-state index in [-0.39, 0.29) is 16.8 Å². The summed E-state index contributed by atoms with van der Waals surface area (Å²) in [6.07, 6.45) is 2.12. The number of halogens is 2. The largest absolute Gasteiger partial charge is 0.243 e. The molecule has 0 heterocycles. The van der Waals surface area contributed by atoms with Crippen molar-refractivity contribution in [2.24, 2.45) is 5.92 Å². The van der Waals surface area contributed by atoms with Gasteiger partial charge >= 0.3 is 0 Å². The lowest BCUT2D eigenvalue weighted by molar-refractivity contribution is 0.341. The van der Waals surface area contributed by atoms with E-state index >= 15 is 0 Å². The number of hydrogen-bond acceptors (Lipinski definition) is 2. The molecular weight excluding hydrogens is 301 g/mol. The number of nitrogens with zero attached hydrogens (tertiary/aromatic N) is 1. The third-order valence-electron chi connectivity index (χ3n) is 3.47. The van der Waals surface area contributed by atoms with Crippen molar-refractivity contribution in [1.82, 2.24) is 4.31 Å². The van der Waals surface area contributed by atoms with Gasteiger partial charge in [-0.25, -0.2) is 12.8 Å². The maximum Gasteiger partial charge on any atom is 0.243 e. The van der Waals surface area contributed by atoms with E-state index in [1.165, 1.54) is 16.4 Å². The van der Waals surface area contributed by atoms with Gasteiger partial charge in [0.25, 0.3) is 0 Å². The highest BCUT2D eigenvalue weighted by atomic mass is 35.5. The summed E-state index contributed by atoms with van der Waals surface area (Å²) in [7, 11) is -3.71. The van der Waals surface area contributed by atoms with E-state index in [9.17, 15) is 12.8 Å². The molecule has 0 saturated heterocycles. The van der Waals surface area contributed by atoms with Crippen molar-refractivity contribution in [2.45, 2.75) is 43.5 Å². The molecule has 3 nitrogen and oxygen atoms in total. The molecule has 1 aromatic carbocycles. The zero-order valence-corrected chi connectivity index (χ0v) is 13.2. The monoisotopic (exact) mass is 319 g/mol. The number of benzene rings is 1. The Morgan fingerprint density at radius 1 is 1.40 bits per heavy atom. The highest BCUT2D eigenvalue weighted by molar-refractivity contribution is 7.89. The number of hydrogen-bond donors (Lipinski definition) is 0. The normalized spacial score (nSPS) is 16.1. The number of alkyl halides is 1. The molecule has 2 rings (SSSR count). The molecule has 0 atom stereocenters. The molecular formula is C14H19ClFNO2S. The molecule has 0 amide bonds. The molecule has 1 aliphatic rings. The Balaban J connectivity index is 2.43. The summed E-state index contributed by atoms with van der Waals surface area (Å²) >= 11 is 5.79. The van der Waals surface area contributed by atoms with Crippen molar-refractivity contribution in [2.75, 3.05) is 6.54 Å². The van der Waals surface area contributed by atoms with Crippen LogP contribution in [0.3, 0.4) is 0 Å². The van der Waals surface area contributed by atoms with Crippen LogP contribution in [0.2, 0.25) is 0 Å². The third-order valence-corrected chi connectivity index (χ3v) is 5.88. The molecule has 1 aliphatic carbocycles. The quantitative estimate of drug-likeness (QED) is 0.754. The Morgan fingerprint density at radius 2 is 2.05 bits per heavy atom. The Bertz CT molecular complexity index is 585. The van der Waals surface area contributed by atoms with E-state index in [2.05, 4.69) is 0 Å². The second-order valence-electron chi connectivity index (χ2n) is 5.50. The number of rotatable bonds is 6. The van der Waals surface area contributed by atoms with Gasteiger partial charge in [-0.1, -0.05) is 6.07 Å². The van der Waals surface area contributed by atoms with Crippen LogP contribution in [0.1, 0.15) is 32.3 Å². The lowest BCUT2D eigenvalue weighted by Gasteiger charge is -2.26. The van der Waals surface area contributed by atoms with Crippen LogP contribution < -0.4 is 0 Å². The Morgan fingerprint density at radius 3 is 2.55 bits per heavy atom. The Labute approximate surface area is 124 Å². The van der Waals surface area contributed by atoms with Gasteiger partial charge in [0.05, 0.1) is 4.90 Å². The van der Waals surface area contributed by atoms with E-state index in [0.29, 0.717) is 18.0 Å². The van der Waals surface area contributed by atoms with E-state index in [1.54, 1.807) is 0 Å². The summed E-state index contributed by atoms with van der Waals surface area (Å²) < 4.78 is 40.4. The average Bonchev–Trinajstić information content (AvgIpc) is 3.19. The first-order valence-corrected chi connectivity index (χ1v) is 8.70. The van der Waals surface area contributed by atoms with Crippen molar-refractivity contribution < 1.29 is 12.8 Å². The molecule has 6 heteroatoms. The fourth-order valence-corrected chi connectivity index (χ4v) is 4.41. The minimum Gasteiger partial charge on any atom is -0.207 e. The predicted molar refractivity (Wildman–Crippen MR) is 77.7 cm³/mol. The minimum absolute atomic E-state index is 0.0122. The standard InChI is InChI=1S/C14H19ClFNO2S/c1-10(2)17(9-11-3-4-11)20(18,19)14-7-13(16)6-5-12(14)8-15/h5-7,10-11H,3-4,8-9H2,1-2H3. The third kappa shape index (κ3) is 3.32. The van der Waals surface area contributed by atoms with Crippen LogP contribution in [0.25, 0.3) is 0 Å². The average molecular weight is 320 g/mol. The summed E-state index contributed by atoms with van der Waals surface area (Å²) in [5.74, 6) is -0.0859. The molecule has 0 unspecified atom stereocenters. The maximum absolute atomic E-state index is 13.4. The smallest absolute Gasteiger partial charge is 0.207 e. The van der Waals surface area contributed by atoms with Gasteiger partial charge in [0.15, 0.2) is 0 Å². The van der Waals surface area contributed by atoms with Gasteiger partial charge in [0.1, 0.15) is 5.82 Å². The molecule has 1 saturated carbocycles. The maximum atomic E-state index is 13.4. The van der Waals surface area contributed by atoms with E-state index < -0.39 is 15.8 Å². The van der Waals surface area contributed by atoms with Crippen LogP contribution >= 0.6 is 11.6 Å². The predicted octanol–water partition coefficient (Wildman–Crippen LogP) is 3.37. The molecule has 1 fully saturated rings. The molecule has 20 heavy (non-hydrogen) atoms. The van der Waals surface area contributed by atoms with Crippen LogP contribution in [0.4, 0.5) is 4.39 Å². The van der Waals surface area contributed by atoms with Gasteiger partial charge in [-0.3, -0.25) is 0 Å². The first kappa shape index (κ1) is 15.7. The summed E-state index contributed by atoms with van der Waals surface area (Å²) in [6, 6.07) is 3.57. The first-order chi connectivity index (χ1) is 9.36. The van der Waals surface area contributed by atoms with Crippen LogP contribution in [-0.4, -0.2) is 25.3 Å². The highest BCUT2D eigenvalue weighted by Gasteiger charge is 2.34. The minimum atomic E-state index is -3.71. The highest BCUT2D eigenvalue weighted by Crippen LogP contribution is 2.33. The van der Waals surface area contributed by atoms with Gasteiger partial charge in [-0.15, -0.1) is 11.6 Å². The van der Waals surface area contributed by atoms with Crippen LogP contribution in [0.5, 0.6) is 0 Å². The van der Waals surface area contributed by atoms with Crippen molar-refractivity contribution in [3.8, 4) is 0 Å². The molecule has 1 aromatic rings. The van der Waals surface area contributed by atoms with Crippen LogP contribution in [0, 0.1) is 11.7 Å². The van der Waals surface area contributed by atoms with Gasteiger partial charge in [0, 0.05) is 18.5 Å². The molecule has 0 spiro atoms. The van der Waals surface area contributed by atoms with Crippen molar-refractivity contribution in [1.29, 1.82) is 0 Å². The zero-order valence-electron chi connectivity index (χ0n) is 11.6.